The van der Waals surface area contributed by atoms with Crippen LogP contribution in [0, 0.1) is 10.1 Å². The summed E-state index contributed by atoms with van der Waals surface area (Å²) in [4.78, 5) is 23.1. The van der Waals surface area contributed by atoms with Gasteiger partial charge in [-0.05, 0) is 42.0 Å². The predicted octanol–water partition coefficient (Wildman–Crippen LogP) is 4.81. The number of nitrogens with zero attached hydrogens (tertiary/aromatic N) is 1. The third kappa shape index (κ3) is 4.11. The van der Waals surface area contributed by atoms with Gasteiger partial charge in [0.1, 0.15) is 18.1 Å². The average molecular weight is 433 g/mol. The first-order chi connectivity index (χ1) is 15.5. The number of ether oxygens (including phenoxy) is 4. The number of non-ortho nitro benzene ring substituents is 1. The monoisotopic (exact) mass is 433 g/mol. The highest BCUT2D eigenvalue weighted by Crippen LogP contribution is 2.37. The molecule has 32 heavy (non-hydrogen) atoms. The van der Waals surface area contributed by atoms with E-state index in [1.54, 1.807) is 61.7 Å². The van der Waals surface area contributed by atoms with Crippen molar-refractivity contribution in [3.8, 4) is 23.0 Å². The number of methoxy groups -OCH3 is 2. The Bertz CT molecular complexity index is 1220. The fourth-order valence-electron chi connectivity index (χ4n) is 3.30. The summed E-state index contributed by atoms with van der Waals surface area (Å²) in [5.74, 6) is 1.87. The number of allylic oxidation sites excluding steroid dienone is 1. The number of benzene rings is 3. The Morgan fingerprint density at radius 2 is 1.81 bits per heavy atom. The normalized spacial score (nSPS) is 13.4. The fraction of sp³-hybridized carbons (Fsp3) is 0.125. The lowest BCUT2D eigenvalue weighted by atomic mass is 10.1. The molecule has 0 atom stereocenters. The quantitative estimate of drug-likeness (QED) is 0.300. The molecular weight excluding hydrogens is 414 g/mol. The van der Waals surface area contributed by atoms with Gasteiger partial charge in [0, 0.05) is 23.8 Å². The van der Waals surface area contributed by atoms with E-state index in [1.807, 2.05) is 0 Å². The number of ketones is 1. The smallest absolute Gasteiger partial charge is 0.269 e. The Morgan fingerprint density at radius 1 is 1.03 bits per heavy atom. The summed E-state index contributed by atoms with van der Waals surface area (Å²) < 4.78 is 22.3. The van der Waals surface area contributed by atoms with Crippen LogP contribution < -0.4 is 18.9 Å². The van der Waals surface area contributed by atoms with Crippen molar-refractivity contribution in [1.82, 2.24) is 0 Å². The van der Waals surface area contributed by atoms with Crippen molar-refractivity contribution >= 4 is 17.5 Å². The summed E-state index contributed by atoms with van der Waals surface area (Å²) in [6.07, 6.45) is 1.61. The minimum absolute atomic E-state index is 0.0187. The molecule has 0 aliphatic carbocycles. The van der Waals surface area contributed by atoms with Crippen molar-refractivity contribution in [3.05, 3.63) is 93.2 Å². The van der Waals surface area contributed by atoms with Crippen LogP contribution in [0.2, 0.25) is 0 Å². The lowest BCUT2D eigenvalue weighted by molar-refractivity contribution is -0.384. The van der Waals surface area contributed by atoms with E-state index in [-0.39, 0.29) is 23.8 Å². The van der Waals surface area contributed by atoms with Gasteiger partial charge in [-0.3, -0.25) is 14.9 Å². The number of carbonyl (C=O) groups is 1. The van der Waals surface area contributed by atoms with Gasteiger partial charge in [-0.15, -0.1) is 0 Å². The SMILES string of the molecule is COc1cccc(C=C2Oc3cc(OCc4ccc([N+](=O)[O-])cc4)ccc3C2=O)c1OC. The van der Waals surface area contributed by atoms with Crippen LogP contribution in [0.4, 0.5) is 5.69 Å². The molecule has 0 aromatic heterocycles. The van der Waals surface area contributed by atoms with Gasteiger partial charge in [0.2, 0.25) is 5.78 Å². The number of hydrogen-bond donors (Lipinski definition) is 0. The number of hydrogen-bond acceptors (Lipinski definition) is 7. The van der Waals surface area contributed by atoms with Crippen LogP contribution in [0.1, 0.15) is 21.5 Å². The molecule has 0 saturated carbocycles. The summed E-state index contributed by atoms with van der Waals surface area (Å²) in [6, 6.07) is 16.4. The summed E-state index contributed by atoms with van der Waals surface area (Å²) in [5.41, 5.74) is 1.88. The standard InChI is InChI=1S/C24H19NO7/c1-29-20-5-3-4-16(24(20)30-2)12-22-23(26)19-11-10-18(13-21(19)32-22)31-14-15-6-8-17(9-7-15)25(27)28/h3-13H,14H2,1-2H3. The van der Waals surface area contributed by atoms with Gasteiger partial charge in [-0.1, -0.05) is 12.1 Å². The van der Waals surface area contributed by atoms with E-state index in [1.165, 1.54) is 19.2 Å². The van der Waals surface area contributed by atoms with E-state index < -0.39 is 4.92 Å². The number of rotatable bonds is 7. The molecule has 1 heterocycles. The molecule has 4 rings (SSSR count). The maximum absolute atomic E-state index is 12.8. The van der Waals surface area contributed by atoms with Gasteiger partial charge < -0.3 is 18.9 Å². The van der Waals surface area contributed by atoms with E-state index in [0.29, 0.717) is 34.1 Å². The third-order valence-electron chi connectivity index (χ3n) is 4.91. The predicted molar refractivity (Wildman–Crippen MR) is 116 cm³/mol. The summed E-state index contributed by atoms with van der Waals surface area (Å²) in [7, 11) is 3.07. The number of Topliss-reactive ketones (excluding diaryl/α,β-unsaturated/α-hetero) is 1. The number of para-hydroxylation sites is 1. The van der Waals surface area contributed by atoms with Crippen molar-refractivity contribution in [1.29, 1.82) is 0 Å². The molecule has 3 aromatic rings. The average Bonchev–Trinajstić information content (AvgIpc) is 3.12. The topological polar surface area (TPSA) is 97.1 Å². The number of carbonyl (C=O) groups excluding carboxylic acids is 1. The van der Waals surface area contributed by atoms with Crippen LogP contribution in [0.25, 0.3) is 6.08 Å². The highest BCUT2D eigenvalue weighted by Gasteiger charge is 2.28. The highest BCUT2D eigenvalue weighted by molar-refractivity contribution is 6.14. The van der Waals surface area contributed by atoms with E-state index in [0.717, 1.165) is 5.56 Å². The Balaban J connectivity index is 1.51. The Kier molecular flexibility index (Phi) is 5.76. The third-order valence-corrected chi connectivity index (χ3v) is 4.91. The van der Waals surface area contributed by atoms with Gasteiger partial charge in [0.05, 0.1) is 24.7 Å². The van der Waals surface area contributed by atoms with Crippen LogP contribution in [-0.4, -0.2) is 24.9 Å². The maximum atomic E-state index is 12.8. The molecule has 0 amide bonds. The Morgan fingerprint density at radius 3 is 2.50 bits per heavy atom. The summed E-state index contributed by atoms with van der Waals surface area (Å²) in [6.45, 7) is 0.217. The highest BCUT2D eigenvalue weighted by atomic mass is 16.6. The number of nitro benzene ring substituents is 1. The zero-order valence-corrected chi connectivity index (χ0v) is 17.4. The summed E-state index contributed by atoms with van der Waals surface area (Å²) >= 11 is 0. The molecule has 0 fully saturated rings. The van der Waals surface area contributed by atoms with Gasteiger partial charge in [-0.25, -0.2) is 0 Å². The second-order valence-electron chi connectivity index (χ2n) is 6.89. The van der Waals surface area contributed by atoms with Crippen molar-refractivity contribution in [2.75, 3.05) is 14.2 Å². The first kappa shape index (κ1) is 20.9. The Labute approximate surface area is 183 Å². The number of fused-ring (bicyclic) bond motifs is 1. The Hall–Kier alpha value is -4.33. The van der Waals surface area contributed by atoms with Crippen molar-refractivity contribution in [3.63, 3.8) is 0 Å². The van der Waals surface area contributed by atoms with Crippen LogP contribution >= 0.6 is 0 Å². The maximum Gasteiger partial charge on any atom is 0.269 e. The molecule has 8 heteroatoms. The van der Waals surface area contributed by atoms with Crippen LogP contribution in [0.15, 0.2) is 66.4 Å². The lowest BCUT2D eigenvalue weighted by Crippen LogP contribution is -1.99. The minimum Gasteiger partial charge on any atom is -0.493 e. The van der Waals surface area contributed by atoms with Crippen LogP contribution in [-0.2, 0) is 6.61 Å². The molecule has 0 radical (unpaired) electrons. The molecule has 0 spiro atoms. The molecule has 1 aliphatic rings. The van der Waals surface area contributed by atoms with E-state index in [4.69, 9.17) is 18.9 Å². The van der Waals surface area contributed by atoms with Crippen LogP contribution in [0.3, 0.4) is 0 Å². The number of nitro groups is 1. The van der Waals surface area contributed by atoms with Gasteiger partial charge >= 0.3 is 0 Å². The molecule has 0 unspecified atom stereocenters. The minimum atomic E-state index is -0.453. The molecule has 0 saturated heterocycles. The molecule has 0 bridgehead atoms. The van der Waals surface area contributed by atoms with Gasteiger partial charge in [0.15, 0.2) is 17.3 Å². The molecule has 0 N–H and O–H groups in total. The van der Waals surface area contributed by atoms with Crippen LogP contribution in [0.5, 0.6) is 23.0 Å². The van der Waals surface area contributed by atoms with Gasteiger partial charge in [-0.2, -0.15) is 0 Å². The van der Waals surface area contributed by atoms with Crippen molar-refractivity contribution in [2.24, 2.45) is 0 Å². The van der Waals surface area contributed by atoms with Crippen molar-refractivity contribution < 1.29 is 28.7 Å². The van der Waals surface area contributed by atoms with Crippen molar-refractivity contribution in [2.45, 2.75) is 6.61 Å². The summed E-state index contributed by atoms with van der Waals surface area (Å²) in [5, 5.41) is 10.8. The molecule has 162 valence electrons. The fourth-order valence-corrected chi connectivity index (χ4v) is 3.30. The van der Waals surface area contributed by atoms with E-state index in [9.17, 15) is 14.9 Å². The zero-order valence-electron chi connectivity index (χ0n) is 17.4. The largest absolute Gasteiger partial charge is 0.493 e. The first-order valence-corrected chi connectivity index (χ1v) is 9.65. The molecule has 8 nitrogen and oxygen atoms in total. The van der Waals surface area contributed by atoms with Gasteiger partial charge in [0.25, 0.3) is 5.69 Å². The molecule has 3 aromatic carbocycles. The zero-order chi connectivity index (χ0) is 22.7. The lowest BCUT2D eigenvalue weighted by Gasteiger charge is -2.10. The second kappa shape index (κ2) is 8.81. The second-order valence-corrected chi connectivity index (χ2v) is 6.89. The first-order valence-electron chi connectivity index (χ1n) is 9.65. The molecule has 1 aliphatic heterocycles. The van der Waals surface area contributed by atoms with E-state index in [2.05, 4.69) is 0 Å². The molecular formula is C24H19NO7. The van der Waals surface area contributed by atoms with E-state index >= 15 is 0 Å².